The predicted molar refractivity (Wildman–Crippen MR) is 75.2 cm³/mol. The summed E-state index contributed by atoms with van der Waals surface area (Å²) in [5, 5.41) is 9.25. The summed E-state index contributed by atoms with van der Waals surface area (Å²) >= 11 is 0. The summed E-state index contributed by atoms with van der Waals surface area (Å²) in [5.74, 6) is 1.01. The van der Waals surface area contributed by atoms with Gasteiger partial charge in [0, 0.05) is 5.56 Å². The Balaban J connectivity index is 2.23. The van der Waals surface area contributed by atoms with Crippen LogP contribution in [0.2, 0.25) is 0 Å². The van der Waals surface area contributed by atoms with Crippen molar-refractivity contribution >= 4 is 17.4 Å². The zero-order valence-corrected chi connectivity index (χ0v) is 11.5. The number of nitrogens with zero attached hydrogens (tertiary/aromatic N) is 1. The van der Waals surface area contributed by atoms with Crippen molar-refractivity contribution in [1.82, 2.24) is 10.2 Å². The van der Waals surface area contributed by atoms with Gasteiger partial charge in [-0.05, 0) is 25.1 Å². The second-order valence-corrected chi connectivity index (χ2v) is 4.13. The van der Waals surface area contributed by atoms with Gasteiger partial charge in [0.2, 0.25) is 0 Å². The molecule has 0 bridgehead atoms. The largest absolute Gasteiger partial charge is 0.493 e. The average Bonchev–Trinajstić information content (AvgIpc) is 2.78. The normalized spacial score (nSPS) is 10.2. The molecule has 0 unspecified atom stereocenters. The Morgan fingerprint density at radius 3 is 2.55 bits per heavy atom. The number of ether oxygens (including phenoxy) is 2. The Bertz CT molecular complexity index is 637. The summed E-state index contributed by atoms with van der Waals surface area (Å²) in [6.07, 6.45) is 0. The maximum absolute atomic E-state index is 12.1. The highest BCUT2D eigenvalue weighted by Gasteiger charge is 2.14. The second kappa shape index (κ2) is 5.52. The standard InChI is InChI=1S/C13H16N4O3/c1-7-11(14)12(17-16-7)15-13(18)8-4-5-9(19-2)10(6-8)20-3/h4-6H,14H2,1-3H3,(H2,15,16,17,18). The third kappa shape index (κ3) is 2.51. The number of nitrogens with one attached hydrogen (secondary N) is 2. The third-order valence-electron chi connectivity index (χ3n) is 2.87. The lowest BCUT2D eigenvalue weighted by atomic mass is 10.2. The molecule has 0 saturated carbocycles. The number of benzene rings is 1. The van der Waals surface area contributed by atoms with Crippen LogP contribution in [0.3, 0.4) is 0 Å². The van der Waals surface area contributed by atoms with Crippen LogP contribution in [0.5, 0.6) is 11.5 Å². The van der Waals surface area contributed by atoms with E-state index in [4.69, 9.17) is 15.2 Å². The van der Waals surface area contributed by atoms with Gasteiger partial charge in [0.15, 0.2) is 17.3 Å². The molecule has 0 aliphatic rings. The van der Waals surface area contributed by atoms with Crippen LogP contribution in [-0.4, -0.2) is 30.3 Å². The molecule has 7 heteroatoms. The molecule has 106 valence electrons. The van der Waals surface area contributed by atoms with Gasteiger partial charge < -0.3 is 20.5 Å². The van der Waals surface area contributed by atoms with Crippen LogP contribution >= 0.6 is 0 Å². The zero-order chi connectivity index (χ0) is 14.7. The highest BCUT2D eigenvalue weighted by Crippen LogP contribution is 2.28. The first kappa shape index (κ1) is 13.7. The summed E-state index contributed by atoms with van der Waals surface area (Å²) in [6, 6.07) is 4.88. The molecule has 0 fully saturated rings. The van der Waals surface area contributed by atoms with Gasteiger partial charge in [-0.15, -0.1) is 0 Å². The van der Waals surface area contributed by atoms with Gasteiger partial charge in [-0.3, -0.25) is 9.89 Å². The molecule has 0 saturated heterocycles. The quantitative estimate of drug-likeness (QED) is 0.786. The second-order valence-electron chi connectivity index (χ2n) is 4.13. The lowest BCUT2D eigenvalue weighted by Crippen LogP contribution is -2.13. The Kier molecular flexibility index (Phi) is 3.79. The van der Waals surface area contributed by atoms with Gasteiger partial charge in [0.1, 0.15) is 0 Å². The number of amides is 1. The molecule has 0 aliphatic carbocycles. The van der Waals surface area contributed by atoms with Crippen molar-refractivity contribution in [3.05, 3.63) is 29.5 Å². The molecule has 0 aliphatic heterocycles. The molecule has 0 spiro atoms. The van der Waals surface area contributed by atoms with Gasteiger partial charge in [-0.25, -0.2) is 0 Å². The van der Waals surface area contributed by atoms with Crippen LogP contribution < -0.4 is 20.5 Å². The molecular formula is C13H16N4O3. The van der Waals surface area contributed by atoms with Crippen LogP contribution in [-0.2, 0) is 0 Å². The molecule has 1 aromatic heterocycles. The summed E-state index contributed by atoms with van der Waals surface area (Å²) < 4.78 is 10.3. The van der Waals surface area contributed by atoms with E-state index in [9.17, 15) is 4.79 Å². The minimum absolute atomic E-state index is 0.308. The van der Waals surface area contributed by atoms with Gasteiger partial charge in [0.05, 0.1) is 25.6 Å². The van der Waals surface area contributed by atoms with E-state index >= 15 is 0 Å². The minimum atomic E-state index is -0.329. The lowest BCUT2D eigenvalue weighted by molar-refractivity contribution is 0.102. The van der Waals surface area contributed by atoms with Crippen LogP contribution in [0.4, 0.5) is 11.5 Å². The van der Waals surface area contributed by atoms with Gasteiger partial charge in [-0.1, -0.05) is 0 Å². The summed E-state index contributed by atoms with van der Waals surface area (Å²) in [6.45, 7) is 1.77. The highest BCUT2D eigenvalue weighted by molar-refractivity contribution is 6.05. The summed E-state index contributed by atoms with van der Waals surface area (Å²) in [4.78, 5) is 12.1. The molecule has 20 heavy (non-hydrogen) atoms. The number of anilines is 2. The fraction of sp³-hybridized carbons (Fsp3) is 0.231. The van der Waals surface area contributed by atoms with E-state index in [1.54, 1.807) is 25.1 Å². The minimum Gasteiger partial charge on any atom is -0.493 e. The van der Waals surface area contributed by atoms with Crippen molar-refractivity contribution in [3.8, 4) is 11.5 Å². The number of methoxy groups -OCH3 is 2. The molecule has 1 amide bonds. The highest BCUT2D eigenvalue weighted by atomic mass is 16.5. The van der Waals surface area contributed by atoms with Crippen molar-refractivity contribution in [1.29, 1.82) is 0 Å². The third-order valence-corrected chi connectivity index (χ3v) is 2.87. The zero-order valence-electron chi connectivity index (χ0n) is 11.5. The fourth-order valence-electron chi connectivity index (χ4n) is 1.69. The predicted octanol–water partition coefficient (Wildman–Crippen LogP) is 1.57. The van der Waals surface area contributed by atoms with Crippen LogP contribution in [0.15, 0.2) is 18.2 Å². The van der Waals surface area contributed by atoms with E-state index in [1.165, 1.54) is 14.2 Å². The van der Waals surface area contributed by atoms with E-state index in [1.807, 2.05) is 0 Å². The van der Waals surface area contributed by atoms with Crippen molar-refractivity contribution in [2.45, 2.75) is 6.92 Å². The first-order valence-electron chi connectivity index (χ1n) is 5.90. The van der Waals surface area contributed by atoms with Crippen LogP contribution in [0, 0.1) is 6.92 Å². The topological polar surface area (TPSA) is 102 Å². The van der Waals surface area contributed by atoms with Crippen molar-refractivity contribution in [3.63, 3.8) is 0 Å². The Morgan fingerprint density at radius 2 is 2.00 bits per heavy atom. The number of hydrogen-bond acceptors (Lipinski definition) is 5. The molecule has 0 atom stereocenters. The Hall–Kier alpha value is -2.70. The number of aryl methyl sites for hydroxylation is 1. The first-order valence-corrected chi connectivity index (χ1v) is 5.90. The molecule has 7 nitrogen and oxygen atoms in total. The smallest absolute Gasteiger partial charge is 0.257 e. The van der Waals surface area contributed by atoms with Crippen LogP contribution in [0.25, 0.3) is 0 Å². The van der Waals surface area contributed by atoms with E-state index in [-0.39, 0.29) is 5.91 Å². The van der Waals surface area contributed by atoms with E-state index in [2.05, 4.69) is 15.5 Å². The number of nitrogen functional groups attached to an aromatic ring is 1. The lowest BCUT2D eigenvalue weighted by Gasteiger charge is -2.09. The van der Waals surface area contributed by atoms with E-state index < -0.39 is 0 Å². The molecule has 1 heterocycles. The maximum atomic E-state index is 12.1. The molecule has 0 radical (unpaired) electrons. The first-order chi connectivity index (χ1) is 9.56. The fourth-order valence-corrected chi connectivity index (χ4v) is 1.69. The average molecular weight is 276 g/mol. The number of aromatic nitrogens is 2. The Labute approximate surface area is 116 Å². The summed E-state index contributed by atoms with van der Waals surface area (Å²) in [7, 11) is 3.04. The summed E-state index contributed by atoms with van der Waals surface area (Å²) in [5.41, 5.74) is 7.31. The van der Waals surface area contributed by atoms with Crippen molar-refractivity contribution in [2.24, 2.45) is 0 Å². The number of carbonyl (C=O) groups excluding carboxylic acids is 1. The maximum Gasteiger partial charge on any atom is 0.257 e. The van der Waals surface area contributed by atoms with Gasteiger partial charge in [-0.2, -0.15) is 5.10 Å². The molecular weight excluding hydrogens is 260 g/mol. The van der Waals surface area contributed by atoms with Crippen molar-refractivity contribution < 1.29 is 14.3 Å². The van der Waals surface area contributed by atoms with E-state index in [0.717, 1.165) is 0 Å². The van der Waals surface area contributed by atoms with Crippen molar-refractivity contribution in [2.75, 3.05) is 25.3 Å². The SMILES string of the molecule is COc1ccc(C(=O)Nc2n[nH]c(C)c2N)cc1OC. The monoisotopic (exact) mass is 276 g/mol. The number of nitrogens with two attached hydrogens (primary N) is 1. The molecule has 1 aromatic carbocycles. The number of H-pyrrole nitrogens is 1. The molecule has 2 aromatic rings. The van der Waals surface area contributed by atoms with Crippen LogP contribution in [0.1, 0.15) is 16.1 Å². The van der Waals surface area contributed by atoms with Gasteiger partial charge >= 0.3 is 0 Å². The molecule has 4 N–H and O–H groups in total. The van der Waals surface area contributed by atoms with Gasteiger partial charge in [0.25, 0.3) is 5.91 Å². The Morgan fingerprint density at radius 1 is 1.30 bits per heavy atom. The van der Waals surface area contributed by atoms with E-state index in [0.29, 0.717) is 34.3 Å². The number of aromatic amines is 1. The number of rotatable bonds is 4. The number of carbonyl (C=O) groups is 1. The number of hydrogen-bond donors (Lipinski definition) is 3. The molecule has 2 rings (SSSR count).